The molecule has 4 nitrogen and oxygen atoms in total. The maximum absolute atomic E-state index is 11.7. The molecule has 0 aliphatic carbocycles. The number of ether oxygens (including phenoxy) is 1. The summed E-state index contributed by atoms with van der Waals surface area (Å²) in [7, 11) is 1.57. The highest BCUT2D eigenvalue weighted by molar-refractivity contribution is 5.76. The van der Waals surface area contributed by atoms with Gasteiger partial charge in [0.2, 0.25) is 5.91 Å². The number of nitrogens with one attached hydrogen (secondary N) is 1. The van der Waals surface area contributed by atoms with Crippen LogP contribution in [0.4, 0.5) is 0 Å². The third kappa shape index (κ3) is 5.31. The minimum atomic E-state index is -0.210. The topological polar surface area (TPSA) is 64.3 Å². The maximum Gasteiger partial charge on any atom is 0.222 e. The van der Waals surface area contributed by atoms with E-state index in [-0.39, 0.29) is 17.4 Å². The molecule has 3 N–H and O–H groups in total. The Balaban J connectivity index is 2.48. The Kier molecular flexibility index (Phi) is 6.17. The van der Waals surface area contributed by atoms with E-state index in [2.05, 4.69) is 50.4 Å². The lowest BCUT2D eigenvalue weighted by molar-refractivity contribution is -0.123. The molecule has 1 aromatic rings. The Morgan fingerprint density at radius 3 is 2.35 bits per heavy atom. The van der Waals surface area contributed by atoms with Crippen LogP contribution in [0.15, 0.2) is 24.3 Å². The number of benzene rings is 1. The van der Waals surface area contributed by atoms with E-state index < -0.39 is 0 Å². The summed E-state index contributed by atoms with van der Waals surface area (Å²) in [6.45, 7) is 7.43. The average molecular weight is 278 g/mol. The van der Waals surface area contributed by atoms with Gasteiger partial charge in [0.25, 0.3) is 0 Å². The molecule has 0 radical (unpaired) electrons. The zero-order chi connectivity index (χ0) is 15.2. The van der Waals surface area contributed by atoms with Gasteiger partial charge in [-0.1, -0.05) is 45.0 Å². The summed E-state index contributed by atoms with van der Waals surface area (Å²) in [5, 5.41) is 2.88. The van der Waals surface area contributed by atoms with Crippen molar-refractivity contribution in [1.82, 2.24) is 5.32 Å². The van der Waals surface area contributed by atoms with Gasteiger partial charge in [-0.15, -0.1) is 0 Å². The van der Waals surface area contributed by atoms with Gasteiger partial charge in [-0.2, -0.15) is 0 Å². The Morgan fingerprint density at radius 2 is 1.90 bits per heavy atom. The van der Waals surface area contributed by atoms with Crippen LogP contribution in [0, 0.1) is 0 Å². The molecule has 0 fully saturated rings. The van der Waals surface area contributed by atoms with E-state index in [9.17, 15) is 4.79 Å². The molecule has 0 spiro atoms. The van der Waals surface area contributed by atoms with Crippen LogP contribution >= 0.6 is 0 Å². The number of nitrogens with two attached hydrogens (primary N) is 1. The van der Waals surface area contributed by atoms with Gasteiger partial charge in [0.15, 0.2) is 0 Å². The Morgan fingerprint density at radius 1 is 1.30 bits per heavy atom. The van der Waals surface area contributed by atoms with Crippen LogP contribution in [-0.2, 0) is 21.5 Å². The molecule has 0 heterocycles. The van der Waals surface area contributed by atoms with Crippen molar-refractivity contribution in [1.29, 1.82) is 0 Å². The second-order valence-electron chi connectivity index (χ2n) is 6.02. The van der Waals surface area contributed by atoms with Crippen LogP contribution in [0.2, 0.25) is 0 Å². The van der Waals surface area contributed by atoms with Crippen molar-refractivity contribution in [3.8, 4) is 0 Å². The molecule has 0 saturated carbocycles. The fourth-order valence-corrected chi connectivity index (χ4v) is 1.87. The normalized spacial score (nSPS) is 13.1. The second-order valence-corrected chi connectivity index (χ2v) is 6.02. The first kappa shape index (κ1) is 16.7. The zero-order valence-electron chi connectivity index (χ0n) is 12.9. The Bertz CT molecular complexity index is 417. The first-order chi connectivity index (χ1) is 9.36. The lowest BCUT2D eigenvalue weighted by Gasteiger charge is -2.19. The summed E-state index contributed by atoms with van der Waals surface area (Å²) in [6, 6.07) is 8.33. The summed E-state index contributed by atoms with van der Waals surface area (Å²) in [6.07, 6.45) is 0.0887. The number of methoxy groups -OCH3 is 1. The SMILES string of the molecule is COC(CN)CC(=O)NCc1ccc(C(C)(C)C)cc1. The number of amides is 1. The smallest absolute Gasteiger partial charge is 0.222 e. The monoisotopic (exact) mass is 278 g/mol. The Hall–Kier alpha value is -1.39. The molecule has 0 saturated heterocycles. The zero-order valence-corrected chi connectivity index (χ0v) is 12.9. The van der Waals surface area contributed by atoms with E-state index in [1.54, 1.807) is 7.11 Å². The van der Waals surface area contributed by atoms with Crippen molar-refractivity contribution in [3.63, 3.8) is 0 Å². The summed E-state index contributed by atoms with van der Waals surface area (Å²) < 4.78 is 5.09. The highest BCUT2D eigenvalue weighted by Gasteiger charge is 2.13. The minimum Gasteiger partial charge on any atom is -0.380 e. The molecule has 4 heteroatoms. The number of rotatable bonds is 6. The lowest BCUT2D eigenvalue weighted by atomic mass is 9.87. The van der Waals surface area contributed by atoms with Crippen molar-refractivity contribution >= 4 is 5.91 Å². The molecule has 20 heavy (non-hydrogen) atoms. The molecule has 0 bridgehead atoms. The fourth-order valence-electron chi connectivity index (χ4n) is 1.87. The van der Waals surface area contributed by atoms with Crippen molar-refractivity contribution in [2.75, 3.05) is 13.7 Å². The van der Waals surface area contributed by atoms with Crippen LogP contribution in [0.25, 0.3) is 0 Å². The van der Waals surface area contributed by atoms with Crippen LogP contribution in [0.5, 0.6) is 0 Å². The summed E-state index contributed by atoms with van der Waals surface area (Å²) in [5.41, 5.74) is 8.02. The van der Waals surface area contributed by atoms with Gasteiger partial charge in [-0.25, -0.2) is 0 Å². The minimum absolute atomic E-state index is 0.0396. The number of carbonyl (C=O) groups excluding carboxylic acids is 1. The van der Waals surface area contributed by atoms with Crippen molar-refractivity contribution < 1.29 is 9.53 Å². The first-order valence-electron chi connectivity index (χ1n) is 6.95. The lowest BCUT2D eigenvalue weighted by Crippen LogP contribution is -2.31. The second kappa shape index (κ2) is 7.41. The van der Waals surface area contributed by atoms with Gasteiger partial charge in [0, 0.05) is 20.2 Å². The van der Waals surface area contributed by atoms with E-state index in [0.717, 1.165) is 5.56 Å². The molecule has 1 rings (SSSR count). The molecular formula is C16H26N2O2. The van der Waals surface area contributed by atoms with Gasteiger partial charge < -0.3 is 15.8 Å². The van der Waals surface area contributed by atoms with Gasteiger partial charge >= 0.3 is 0 Å². The average Bonchev–Trinajstić information content (AvgIpc) is 2.42. The molecule has 0 aliphatic heterocycles. The first-order valence-corrected chi connectivity index (χ1v) is 6.95. The molecule has 1 unspecified atom stereocenters. The number of carbonyl (C=O) groups is 1. The van der Waals surface area contributed by atoms with Crippen LogP contribution in [0.1, 0.15) is 38.3 Å². The van der Waals surface area contributed by atoms with Crippen LogP contribution in [0.3, 0.4) is 0 Å². The van der Waals surface area contributed by atoms with Gasteiger partial charge in [0.1, 0.15) is 0 Å². The van der Waals surface area contributed by atoms with E-state index in [4.69, 9.17) is 10.5 Å². The predicted octanol–water partition coefficient (Wildman–Crippen LogP) is 1.96. The summed E-state index contributed by atoms with van der Waals surface area (Å²) >= 11 is 0. The molecule has 112 valence electrons. The predicted molar refractivity (Wildman–Crippen MR) is 81.5 cm³/mol. The third-order valence-corrected chi connectivity index (χ3v) is 3.32. The van der Waals surface area contributed by atoms with Gasteiger partial charge in [0.05, 0.1) is 12.5 Å². The Labute approximate surface area is 121 Å². The largest absolute Gasteiger partial charge is 0.380 e. The molecule has 0 aliphatic rings. The molecular weight excluding hydrogens is 252 g/mol. The molecule has 0 aromatic heterocycles. The van der Waals surface area contributed by atoms with E-state index >= 15 is 0 Å². The summed E-state index contributed by atoms with van der Waals surface area (Å²) in [5.74, 6) is -0.0396. The third-order valence-electron chi connectivity index (χ3n) is 3.32. The number of hydrogen-bond donors (Lipinski definition) is 2. The van der Waals surface area contributed by atoms with E-state index in [1.807, 2.05) is 0 Å². The van der Waals surface area contributed by atoms with Gasteiger partial charge in [-0.3, -0.25) is 4.79 Å². The van der Waals surface area contributed by atoms with E-state index in [0.29, 0.717) is 19.5 Å². The van der Waals surface area contributed by atoms with Crippen molar-refractivity contribution in [2.45, 2.75) is 45.3 Å². The highest BCUT2D eigenvalue weighted by atomic mass is 16.5. The molecule has 1 amide bonds. The van der Waals surface area contributed by atoms with Crippen LogP contribution in [-0.4, -0.2) is 25.7 Å². The fraction of sp³-hybridized carbons (Fsp3) is 0.562. The number of hydrogen-bond acceptors (Lipinski definition) is 3. The molecule has 1 aromatic carbocycles. The molecule has 1 atom stereocenters. The maximum atomic E-state index is 11.7. The van der Waals surface area contributed by atoms with Gasteiger partial charge in [-0.05, 0) is 16.5 Å². The quantitative estimate of drug-likeness (QED) is 0.836. The van der Waals surface area contributed by atoms with E-state index in [1.165, 1.54) is 5.56 Å². The van der Waals surface area contributed by atoms with Crippen molar-refractivity contribution in [2.24, 2.45) is 5.73 Å². The van der Waals surface area contributed by atoms with Crippen LogP contribution < -0.4 is 11.1 Å². The standard InChI is InChI=1S/C16H26N2O2/c1-16(2,3)13-7-5-12(6-8-13)11-18-15(19)9-14(10-17)20-4/h5-8,14H,9-11,17H2,1-4H3,(H,18,19). The van der Waals surface area contributed by atoms with Crippen molar-refractivity contribution in [3.05, 3.63) is 35.4 Å². The summed E-state index contributed by atoms with van der Waals surface area (Å²) in [4.78, 5) is 11.7. The highest BCUT2D eigenvalue weighted by Crippen LogP contribution is 2.22.